The number of anilines is 1. The monoisotopic (exact) mass is 277 g/mol. The van der Waals surface area contributed by atoms with Crippen molar-refractivity contribution in [3.8, 4) is 5.69 Å². The van der Waals surface area contributed by atoms with Gasteiger partial charge in [-0.05, 0) is 25.5 Å². The summed E-state index contributed by atoms with van der Waals surface area (Å²) >= 11 is 0. The van der Waals surface area contributed by atoms with Crippen molar-refractivity contribution in [3.63, 3.8) is 0 Å². The van der Waals surface area contributed by atoms with E-state index in [1.54, 1.807) is 20.9 Å². The molecule has 20 heavy (non-hydrogen) atoms. The van der Waals surface area contributed by atoms with Crippen LogP contribution >= 0.6 is 0 Å². The van der Waals surface area contributed by atoms with E-state index in [2.05, 4.69) is 10.1 Å². The number of fused-ring (bicyclic) bond motifs is 1. The summed E-state index contributed by atoms with van der Waals surface area (Å²) in [6.07, 6.45) is 0. The molecule has 0 saturated heterocycles. The van der Waals surface area contributed by atoms with Crippen LogP contribution in [0.1, 0.15) is 11.3 Å². The van der Waals surface area contributed by atoms with Gasteiger partial charge in [-0.1, -0.05) is 6.07 Å². The summed E-state index contributed by atoms with van der Waals surface area (Å²) in [6.45, 7) is 3.33. The van der Waals surface area contributed by atoms with Gasteiger partial charge in [-0.25, -0.2) is 18.4 Å². The van der Waals surface area contributed by atoms with Gasteiger partial charge in [-0.3, -0.25) is 4.57 Å². The predicted octanol–water partition coefficient (Wildman–Crippen LogP) is 2.24. The van der Waals surface area contributed by atoms with Crippen LogP contribution in [0, 0.1) is 25.5 Å². The molecule has 0 radical (unpaired) electrons. The Balaban J connectivity index is 2.47. The van der Waals surface area contributed by atoms with Crippen LogP contribution in [0.4, 0.5) is 14.7 Å². The third-order valence-electron chi connectivity index (χ3n) is 3.31. The standard InChI is InChI=1S/C13H13F2N5/c1-6-4-5-8(14)11(9(6)15)20-12-10(17-13(20)16)7(2)18-19(12)3/h4-5H,1-3H3,(H2,16,17). The lowest BCUT2D eigenvalue weighted by atomic mass is 10.2. The van der Waals surface area contributed by atoms with E-state index in [9.17, 15) is 8.78 Å². The molecule has 2 aromatic heterocycles. The van der Waals surface area contributed by atoms with Crippen LogP contribution < -0.4 is 5.73 Å². The molecule has 1 aromatic carbocycles. The fourth-order valence-electron chi connectivity index (χ4n) is 2.36. The summed E-state index contributed by atoms with van der Waals surface area (Å²) in [5, 5.41) is 4.19. The molecule has 0 atom stereocenters. The number of hydrogen-bond acceptors (Lipinski definition) is 3. The van der Waals surface area contributed by atoms with E-state index in [-0.39, 0.29) is 11.6 Å². The first-order valence-electron chi connectivity index (χ1n) is 6.04. The van der Waals surface area contributed by atoms with E-state index in [0.717, 1.165) is 0 Å². The Morgan fingerprint density at radius 1 is 1.20 bits per heavy atom. The number of aryl methyl sites for hydroxylation is 3. The topological polar surface area (TPSA) is 61.7 Å². The zero-order chi connectivity index (χ0) is 14.6. The Morgan fingerprint density at radius 2 is 1.90 bits per heavy atom. The molecule has 104 valence electrons. The van der Waals surface area contributed by atoms with Gasteiger partial charge in [0.05, 0.1) is 5.69 Å². The van der Waals surface area contributed by atoms with Crippen molar-refractivity contribution in [3.05, 3.63) is 35.0 Å². The van der Waals surface area contributed by atoms with Crippen molar-refractivity contribution in [2.45, 2.75) is 13.8 Å². The van der Waals surface area contributed by atoms with Crippen LogP contribution in [0.5, 0.6) is 0 Å². The van der Waals surface area contributed by atoms with Crippen LogP contribution in [0.15, 0.2) is 12.1 Å². The highest BCUT2D eigenvalue weighted by atomic mass is 19.1. The van der Waals surface area contributed by atoms with E-state index in [4.69, 9.17) is 5.73 Å². The largest absolute Gasteiger partial charge is 0.369 e. The van der Waals surface area contributed by atoms with Crippen LogP contribution in [0.2, 0.25) is 0 Å². The van der Waals surface area contributed by atoms with Crippen molar-refractivity contribution in [1.82, 2.24) is 19.3 Å². The van der Waals surface area contributed by atoms with Crippen LogP contribution in [0.3, 0.4) is 0 Å². The maximum atomic E-state index is 14.3. The number of benzene rings is 1. The molecule has 0 bridgehead atoms. The molecule has 0 fully saturated rings. The summed E-state index contributed by atoms with van der Waals surface area (Å²) in [6, 6.07) is 2.59. The molecule has 0 aliphatic carbocycles. The number of nitrogens with two attached hydrogens (primary N) is 1. The number of halogens is 2. The van der Waals surface area contributed by atoms with Crippen molar-refractivity contribution < 1.29 is 8.78 Å². The fraction of sp³-hybridized carbons (Fsp3) is 0.231. The molecule has 7 heteroatoms. The first-order chi connectivity index (χ1) is 9.41. The average molecular weight is 277 g/mol. The third-order valence-corrected chi connectivity index (χ3v) is 3.31. The zero-order valence-electron chi connectivity index (χ0n) is 11.3. The number of rotatable bonds is 1. The molecule has 2 N–H and O–H groups in total. The predicted molar refractivity (Wildman–Crippen MR) is 71.6 cm³/mol. The molecule has 0 amide bonds. The van der Waals surface area contributed by atoms with Gasteiger partial charge in [0.2, 0.25) is 5.95 Å². The maximum absolute atomic E-state index is 14.3. The third kappa shape index (κ3) is 1.52. The van der Waals surface area contributed by atoms with E-state index in [1.165, 1.54) is 21.4 Å². The number of nitrogens with zero attached hydrogens (tertiary/aromatic N) is 4. The molecule has 0 aliphatic rings. The Bertz CT molecular complexity index is 831. The number of imidazole rings is 1. The fourth-order valence-corrected chi connectivity index (χ4v) is 2.36. The second-order valence-corrected chi connectivity index (χ2v) is 4.71. The average Bonchev–Trinajstić information content (AvgIpc) is 2.85. The molecule has 2 heterocycles. The van der Waals surface area contributed by atoms with Gasteiger partial charge in [0.15, 0.2) is 11.5 Å². The Labute approximate surface area is 113 Å². The minimum Gasteiger partial charge on any atom is -0.369 e. The molecule has 0 unspecified atom stereocenters. The van der Waals surface area contributed by atoms with Crippen molar-refractivity contribution >= 4 is 17.1 Å². The van der Waals surface area contributed by atoms with Crippen molar-refractivity contribution in [1.29, 1.82) is 0 Å². The first kappa shape index (κ1) is 12.6. The molecule has 0 saturated carbocycles. The number of hydrogen-bond donors (Lipinski definition) is 1. The van der Waals surface area contributed by atoms with Crippen molar-refractivity contribution in [2.75, 3.05) is 5.73 Å². The van der Waals surface area contributed by atoms with Crippen LogP contribution in [0.25, 0.3) is 16.9 Å². The first-order valence-corrected chi connectivity index (χ1v) is 6.04. The zero-order valence-corrected chi connectivity index (χ0v) is 11.3. The lowest BCUT2D eigenvalue weighted by Crippen LogP contribution is -2.09. The summed E-state index contributed by atoms with van der Waals surface area (Å²) < 4.78 is 31.1. The van der Waals surface area contributed by atoms with E-state index >= 15 is 0 Å². The van der Waals surface area contributed by atoms with Gasteiger partial charge in [-0.15, -0.1) is 0 Å². The summed E-state index contributed by atoms with van der Waals surface area (Å²) in [5.41, 5.74) is 7.59. The van der Waals surface area contributed by atoms with Gasteiger partial charge >= 0.3 is 0 Å². The van der Waals surface area contributed by atoms with Crippen molar-refractivity contribution in [2.24, 2.45) is 7.05 Å². The Kier molecular flexibility index (Phi) is 2.53. The molecule has 0 spiro atoms. The van der Waals surface area contributed by atoms with E-state index in [1.807, 2.05) is 0 Å². The van der Waals surface area contributed by atoms with Gasteiger partial charge in [0, 0.05) is 7.05 Å². The number of nitrogen functional groups attached to an aromatic ring is 1. The molecule has 3 rings (SSSR count). The summed E-state index contributed by atoms with van der Waals surface area (Å²) in [7, 11) is 1.68. The smallest absolute Gasteiger partial charge is 0.207 e. The Hall–Kier alpha value is -2.44. The molecular weight excluding hydrogens is 264 g/mol. The second-order valence-electron chi connectivity index (χ2n) is 4.71. The maximum Gasteiger partial charge on any atom is 0.207 e. The van der Waals surface area contributed by atoms with E-state index in [0.29, 0.717) is 22.4 Å². The molecule has 5 nitrogen and oxygen atoms in total. The Morgan fingerprint density at radius 3 is 2.60 bits per heavy atom. The van der Waals surface area contributed by atoms with Gasteiger partial charge in [0.25, 0.3) is 0 Å². The van der Waals surface area contributed by atoms with E-state index < -0.39 is 11.6 Å². The SMILES string of the molecule is Cc1ccc(F)c(-n2c(N)nc3c(C)nn(C)c32)c1F. The van der Waals surface area contributed by atoms with Gasteiger partial charge in [0.1, 0.15) is 17.0 Å². The number of aromatic nitrogens is 4. The van der Waals surface area contributed by atoms with Gasteiger partial charge < -0.3 is 5.73 Å². The molecular formula is C13H13F2N5. The summed E-state index contributed by atoms with van der Waals surface area (Å²) in [4.78, 5) is 4.15. The van der Waals surface area contributed by atoms with Crippen LogP contribution in [-0.4, -0.2) is 19.3 Å². The minimum absolute atomic E-state index is 0.0273. The second kappa shape index (κ2) is 4.03. The lowest BCUT2D eigenvalue weighted by Gasteiger charge is -2.11. The summed E-state index contributed by atoms with van der Waals surface area (Å²) in [5.74, 6) is -1.33. The van der Waals surface area contributed by atoms with Crippen LogP contribution in [-0.2, 0) is 7.05 Å². The molecule has 3 aromatic rings. The highest BCUT2D eigenvalue weighted by Gasteiger charge is 2.22. The lowest BCUT2D eigenvalue weighted by molar-refractivity contribution is 0.564. The normalized spacial score (nSPS) is 11.4. The highest BCUT2D eigenvalue weighted by Crippen LogP contribution is 2.29. The van der Waals surface area contributed by atoms with Gasteiger partial charge in [-0.2, -0.15) is 5.10 Å². The molecule has 0 aliphatic heterocycles. The quantitative estimate of drug-likeness (QED) is 0.742. The highest BCUT2D eigenvalue weighted by molar-refractivity contribution is 5.80. The minimum atomic E-state index is -0.696.